The molecular weight excluding hydrogens is 334 g/mol. The molecule has 2 aromatic rings. The number of hydrogen-bond acceptors (Lipinski definition) is 4. The number of benzene rings is 1. The van der Waals surface area contributed by atoms with E-state index in [2.05, 4.69) is 5.32 Å². The number of carbonyl (C=O) groups excluding carboxylic acids is 2. The molecule has 0 saturated carbocycles. The molecule has 2 amide bonds. The van der Waals surface area contributed by atoms with Crippen LogP contribution in [0.2, 0.25) is 0 Å². The number of nitrogens with one attached hydrogen (secondary N) is 1. The molecule has 1 fully saturated rings. The van der Waals surface area contributed by atoms with Crippen LogP contribution in [0.25, 0.3) is 10.1 Å². The van der Waals surface area contributed by atoms with Crippen LogP contribution < -0.4 is 5.32 Å². The van der Waals surface area contributed by atoms with Gasteiger partial charge in [0.25, 0.3) is 5.91 Å². The largest absolute Gasteiger partial charge is 0.339 e. The summed E-state index contributed by atoms with van der Waals surface area (Å²) >= 11 is 1.47. The minimum atomic E-state index is -0.0929. The van der Waals surface area contributed by atoms with Gasteiger partial charge in [0, 0.05) is 37.9 Å². The average Bonchev–Trinajstić information content (AvgIpc) is 2.98. The maximum atomic E-state index is 12.5. The van der Waals surface area contributed by atoms with Crippen molar-refractivity contribution in [3.8, 4) is 0 Å². The Kier molecular flexibility index (Phi) is 5.98. The molecule has 1 aromatic heterocycles. The third kappa shape index (κ3) is 4.02. The first kappa shape index (κ1) is 17.7. The highest BCUT2D eigenvalue weighted by Crippen LogP contribution is 2.26. The number of nitrogens with zero attached hydrogens (tertiary/aromatic N) is 2. The molecule has 0 spiro atoms. The first-order chi connectivity index (χ1) is 10.6. The lowest BCUT2D eigenvalue weighted by atomic mass is 10.2. The second kappa shape index (κ2) is 7.77. The van der Waals surface area contributed by atoms with Crippen molar-refractivity contribution >= 4 is 45.6 Å². The molecule has 0 radical (unpaired) electrons. The van der Waals surface area contributed by atoms with Gasteiger partial charge in [-0.25, -0.2) is 0 Å². The molecule has 0 aliphatic carbocycles. The Morgan fingerprint density at radius 1 is 1.26 bits per heavy atom. The monoisotopic (exact) mass is 353 g/mol. The maximum absolute atomic E-state index is 12.5. The van der Waals surface area contributed by atoms with Gasteiger partial charge in [0.1, 0.15) is 0 Å². The Bertz CT molecular complexity index is 664. The second-order valence-electron chi connectivity index (χ2n) is 5.44. The zero-order valence-electron chi connectivity index (χ0n) is 12.9. The fraction of sp³-hybridized carbons (Fsp3) is 0.375. The van der Waals surface area contributed by atoms with Gasteiger partial charge in [-0.1, -0.05) is 18.2 Å². The summed E-state index contributed by atoms with van der Waals surface area (Å²) in [5.41, 5.74) is 0. The van der Waals surface area contributed by atoms with Crippen molar-refractivity contribution in [1.82, 2.24) is 15.1 Å². The van der Waals surface area contributed by atoms with E-state index in [1.807, 2.05) is 35.2 Å². The Morgan fingerprint density at radius 2 is 1.96 bits per heavy atom. The minimum Gasteiger partial charge on any atom is -0.339 e. The van der Waals surface area contributed by atoms with E-state index in [-0.39, 0.29) is 30.8 Å². The summed E-state index contributed by atoms with van der Waals surface area (Å²) in [5, 5.41) is 4.28. The molecule has 0 unspecified atom stereocenters. The van der Waals surface area contributed by atoms with Gasteiger partial charge < -0.3 is 15.1 Å². The normalized spacial score (nSPS) is 14.4. The molecule has 124 valence electrons. The van der Waals surface area contributed by atoms with Crippen molar-refractivity contribution in [3.05, 3.63) is 35.2 Å². The molecular formula is C16H20ClN3O2S. The summed E-state index contributed by atoms with van der Waals surface area (Å²) in [6.07, 6.45) is 0. The summed E-state index contributed by atoms with van der Waals surface area (Å²) in [5.74, 6) is -0.0804. The summed E-state index contributed by atoms with van der Waals surface area (Å²) in [6, 6.07) is 9.82. The van der Waals surface area contributed by atoms with Gasteiger partial charge in [-0.05, 0) is 17.5 Å². The van der Waals surface area contributed by atoms with Crippen LogP contribution in [0.4, 0.5) is 0 Å². The van der Waals surface area contributed by atoms with Gasteiger partial charge in [0.15, 0.2) is 0 Å². The molecule has 1 saturated heterocycles. The number of hydrogen-bond donors (Lipinski definition) is 1. The van der Waals surface area contributed by atoms with Crippen LogP contribution >= 0.6 is 23.7 Å². The number of fused-ring (bicyclic) bond motifs is 1. The van der Waals surface area contributed by atoms with Crippen LogP contribution in [0.1, 0.15) is 9.67 Å². The Balaban J connectivity index is 0.00000192. The summed E-state index contributed by atoms with van der Waals surface area (Å²) < 4.78 is 1.09. The number of likely N-dealkylation sites (N-methyl/N-ethyl adjacent to an activating group) is 1. The van der Waals surface area contributed by atoms with Crippen molar-refractivity contribution in [1.29, 1.82) is 0 Å². The van der Waals surface area contributed by atoms with Crippen LogP contribution in [-0.2, 0) is 4.79 Å². The van der Waals surface area contributed by atoms with E-state index >= 15 is 0 Å². The van der Waals surface area contributed by atoms with E-state index in [0.29, 0.717) is 18.0 Å². The molecule has 1 aliphatic heterocycles. The van der Waals surface area contributed by atoms with Gasteiger partial charge in [0.05, 0.1) is 11.4 Å². The molecule has 23 heavy (non-hydrogen) atoms. The van der Waals surface area contributed by atoms with Crippen LogP contribution in [0, 0.1) is 0 Å². The van der Waals surface area contributed by atoms with Crippen LogP contribution in [0.15, 0.2) is 30.3 Å². The van der Waals surface area contributed by atoms with Crippen molar-refractivity contribution in [2.75, 3.05) is 39.8 Å². The van der Waals surface area contributed by atoms with Crippen molar-refractivity contribution < 1.29 is 9.59 Å². The Hall–Kier alpha value is -1.63. The predicted octanol–water partition coefficient (Wildman–Crippen LogP) is 1.83. The highest BCUT2D eigenvalue weighted by atomic mass is 35.5. The molecule has 1 aliphatic rings. The van der Waals surface area contributed by atoms with Crippen LogP contribution in [0.5, 0.6) is 0 Å². The minimum absolute atomic E-state index is 0. The van der Waals surface area contributed by atoms with Gasteiger partial charge in [-0.2, -0.15) is 0 Å². The summed E-state index contributed by atoms with van der Waals surface area (Å²) in [6.45, 7) is 3.19. The Labute approximate surface area is 145 Å². The number of amides is 2. The summed E-state index contributed by atoms with van der Waals surface area (Å²) in [7, 11) is 1.69. The lowest BCUT2D eigenvalue weighted by Crippen LogP contribution is -2.49. The van der Waals surface area contributed by atoms with E-state index in [1.165, 1.54) is 16.2 Å². The molecule has 1 N–H and O–H groups in total. The zero-order chi connectivity index (χ0) is 15.5. The van der Waals surface area contributed by atoms with Crippen molar-refractivity contribution in [3.63, 3.8) is 0 Å². The fourth-order valence-corrected chi connectivity index (χ4v) is 3.62. The van der Waals surface area contributed by atoms with Gasteiger partial charge >= 0.3 is 0 Å². The second-order valence-corrected chi connectivity index (χ2v) is 6.52. The smallest absolute Gasteiger partial charge is 0.264 e. The molecule has 7 heteroatoms. The topological polar surface area (TPSA) is 52.7 Å². The molecule has 2 heterocycles. The number of halogens is 1. The quantitative estimate of drug-likeness (QED) is 0.915. The van der Waals surface area contributed by atoms with E-state index in [1.54, 1.807) is 7.05 Å². The van der Waals surface area contributed by atoms with Gasteiger partial charge in [-0.3, -0.25) is 9.59 Å². The van der Waals surface area contributed by atoms with E-state index < -0.39 is 0 Å². The van der Waals surface area contributed by atoms with Crippen LogP contribution in [-0.4, -0.2) is 61.4 Å². The van der Waals surface area contributed by atoms with Gasteiger partial charge in [-0.15, -0.1) is 23.7 Å². The van der Waals surface area contributed by atoms with Crippen molar-refractivity contribution in [2.45, 2.75) is 0 Å². The lowest BCUT2D eigenvalue weighted by molar-refractivity contribution is -0.132. The highest BCUT2D eigenvalue weighted by molar-refractivity contribution is 7.20. The van der Waals surface area contributed by atoms with E-state index in [4.69, 9.17) is 0 Å². The number of piperazine rings is 1. The van der Waals surface area contributed by atoms with Crippen LogP contribution in [0.3, 0.4) is 0 Å². The summed E-state index contributed by atoms with van der Waals surface area (Å²) in [4.78, 5) is 28.7. The molecule has 0 atom stereocenters. The third-order valence-electron chi connectivity index (χ3n) is 3.83. The lowest BCUT2D eigenvalue weighted by Gasteiger charge is -2.29. The SMILES string of the molecule is CN(CC(=O)N1CCNCC1)C(=O)c1cc2ccccc2s1.Cl. The molecule has 1 aromatic carbocycles. The molecule has 3 rings (SSSR count). The van der Waals surface area contributed by atoms with Gasteiger partial charge in [0.2, 0.25) is 5.91 Å². The highest BCUT2D eigenvalue weighted by Gasteiger charge is 2.21. The molecule has 0 bridgehead atoms. The number of rotatable bonds is 3. The Morgan fingerprint density at radius 3 is 2.65 bits per heavy atom. The standard InChI is InChI=1S/C16H19N3O2S.ClH/c1-18(11-15(20)19-8-6-17-7-9-19)16(21)14-10-12-4-2-3-5-13(12)22-14;/h2-5,10,17H,6-9,11H2,1H3;1H. The van der Waals surface area contributed by atoms with Crippen molar-refractivity contribution in [2.24, 2.45) is 0 Å². The maximum Gasteiger partial charge on any atom is 0.264 e. The predicted molar refractivity (Wildman–Crippen MR) is 95.5 cm³/mol. The average molecular weight is 354 g/mol. The number of thiophene rings is 1. The van der Waals surface area contributed by atoms with E-state index in [0.717, 1.165) is 23.2 Å². The zero-order valence-corrected chi connectivity index (χ0v) is 14.6. The third-order valence-corrected chi connectivity index (χ3v) is 4.93. The molecule has 5 nitrogen and oxygen atoms in total. The van der Waals surface area contributed by atoms with E-state index in [9.17, 15) is 9.59 Å². The first-order valence-corrected chi connectivity index (χ1v) is 8.19. The first-order valence-electron chi connectivity index (χ1n) is 7.37. The fourth-order valence-electron chi connectivity index (χ4n) is 2.56. The number of carbonyl (C=O) groups is 2.